The van der Waals surface area contributed by atoms with Crippen LogP contribution in [0.15, 0.2) is 53.4 Å². The lowest BCUT2D eigenvalue weighted by Crippen LogP contribution is -2.38. The molecule has 1 saturated heterocycles. The summed E-state index contributed by atoms with van der Waals surface area (Å²) in [5.74, 6) is -2.94. The van der Waals surface area contributed by atoms with Crippen molar-refractivity contribution in [2.45, 2.75) is 12.7 Å². The molecule has 176 valence electrons. The van der Waals surface area contributed by atoms with E-state index in [1.54, 1.807) is 6.07 Å². The van der Waals surface area contributed by atoms with Crippen molar-refractivity contribution in [1.29, 1.82) is 0 Å². The zero-order valence-corrected chi connectivity index (χ0v) is 18.1. The van der Waals surface area contributed by atoms with E-state index < -0.39 is 41.4 Å². The number of carbonyl (C=O) groups excluding carboxylic acids is 3. The Balaban J connectivity index is 1.39. The fourth-order valence-corrected chi connectivity index (χ4v) is 4.23. The van der Waals surface area contributed by atoms with Crippen molar-refractivity contribution in [2.24, 2.45) is 0 Å². The smallest absolute Gasteiger partial charge is 0.353 e. The second kappa shape index (κ2) is 9.29. The van der Waals surface area contributed by atoms with Crippen LogP contribution >= 0.6 is 11.8 Å². The zero-order valence-electron chi connectivity index (χ0n) is 17.3. The van der Waals surface area contributed by atoms with E-state index in [9.17, 15) is 31.9 Å². The van der Waals surface area contributed by atoms with E-state index in [2.05, 4.69) is 10.3 Å². The highest BCUT2D eigenvalue weighted by molar-refractivity contribution is 8.18. The summed E-state index contributed by atoms with van der Waals surface area (Å²) in [7, 11) is 0. The van der Waals surface area contributed by atoms with Gasteiger partial charge in [-0.2, -0.15) is 13.2 Å². The Morgan fingerprint density at radius 2 is 1.79 bits per heavy atom. The van der Waals surface area contributed by atoms with Crippen LogP contribution in [0.1, 0.15) is 11.4 Å². The molecular formula is C22H16F4N4O3S. The molecule has 2 aromatic carbocycles. The van der Waals surface area contributed by atoms with Crippen LogP contribution in [0, 0.1) is 5.82 Å². The number of thioether (sulfide) groups is 1. The first-order valence-electron chi connectivity index (χ1n) is 9.93. The maximum atomic E-state index is 13.4. The van der Waals surface area contributed by atoms with E-state index in [-0.39, 0.29) is 29.0 Å². The van der Waals surface area contributed by atoms with Crippen LogP contribution in [-0.4, -0.2) is 44.6 Å². The number of halogens is 4. The lowest BCUT2D eigenvalue weighted by Gasteiger charge is -2.14. The number of imide groups is 1. The molecule has 1 aromatic heterocycles. The van der Waals surface area contributed by atoms with Gasteiger partial charge in [0.1, 0.15) is 12.4 Å². The highest BCUT2D eigenvalue weighted by atomic mass is 32.2. The van der Waals surface area contributed by atoms with E-state index in [0.717, 1.165) is 9.47 Å². The molecule has 3 amide bonds. The summed E-state index contributed by atoms with van der Waals surface area (Å²) in [4.78, 5) is 41.7. The van der Waals surface area contributed by atoms with E-state index in [0.29, 0.717) is 17.3 Å². The summed E-state index contributed by atoms with van der Waals surface area (Å²) in [5.41, 5.74) is 0.795. The second-order valence-electron chi connectivity index (χ2n) is 7.24. The average molecular weight is 492 g/mol. The molecule has 12 heteroatoms. The number of para-hydroxylation sites is 2. The Labute approximate surface area is 194 Å². The van der Waals surface area contributed by atoms with Crippen LogP contribution < -0.4 is 5.32 Å². The van der Waals surface area contributed by atoms with Crippen LogP contribution in [0.2, 0.25) is 0 Å². The van der Waals surface area contributed by atoms with Gasteiger partial charge in [-0.05, 0) is 47.7 Å². The van der Waals surface area contributed by atoms with E-state index in [1.807, 2.05) is 0 Å². The number of imidazole rings is 1. The fraction of sp³-hybridized carbons (Fsp3) is 0.182. The number of nitrogens with one attached hydrogen (secondary N) is 1. The Morgan fingerprint density at radius 3 is 2.50 bits per heavy atom. The molecule has 3 aromatic rings. The molecule has 0 spiro atoms. The molecule has 34 heavy (non-hydrogen) atoms. The molecule has 1 aliphatic heterocycles. The largest absolute Gasteiger partial charge is 0.449 e. The third-order valence-corrected chi connectivity index (χ3v) is 5.82. The van der Waals surface area contributed by atoms with Crippen LogP contribution in [0.5, 0.6) is 0 Å². The van der Waals surface area contributed by atoms with Crippen LogP contribution in [0.25, 0.3) is 17.1 Å². The number of carbonyl (C=O) groups is 3. The summed E-state index contributed by atoms with van der Waals surface area (Å²) >= 11 is 0.704. The summed E-state index contributed by atoms with van der Waals surface area (Å²) < 4.78 is 53.9. The topological polar surface area (TPSA) is 84.3 Å². The van der Waals surface area contributed by atoms with Crippen LogP contribution in [0.4, 0.5) is 22.4 Å². The first kappa shape index (κ1) is 23.5. The SMILES string of the molecule is O=C(Cn1c(C(F)(F)F)nc2ccccc21)NCCN1C(=O)S/C(=C\c2ccc(F)cc2)C1=O. The third-order valence-electron chi connectivity index (χ3n) is 4.91. The van der Waals surface area contributed by atoms with E-state index >= 15 is 0 Å². The van der Waals surface area contributed by atoms with Gasteiger partial charge >= 0.3 is 6.18 Å². The highest BCUT2D eigenvalue weighted by Crippen LogP contribution is 2.32. The zero-order chi connectivity index (χ0) is 24.5. The van der Waals surface area contributed by atoms with E-state index in [1.165, 1.54) is 48.5 Å². The molecule has 1 fully saturated rings. The molecule has 0 atom stereocenters. The predicted molar refractivity (Wildman–Crippen MR) is 117 cm³/mol. The highest BCUT2D eigenvalue weighted by Gasteiger charge is 2.38. The normalized spacial score (nSPS) is 15.5. The fourth-order valence-electron chi connectivity index (χ4n) is 3.36. The molecule has 2 heterocycles. The number of nitrogens with zero attached hydrogens (tertiary/aromatic N) is 3. The van der Waals surface area contributed by atoms with Gasteiger partial charge in [0.05, 0.1) is 15.9 Å². The monoisotopic (exact) mass is 492 g/mol. The number of benzene rings is 2. The quantitative estimate of drug-likeness (QED) is 0.415. The molecule has 0 unspecified atom stereocenters. The molecule has 1 N–H and O–H groups in total. The Bertz CT molecular complexity index is 1300. The van der Waals surface area contributed by atoms with Gasteiger partial charge < -0.3 is 9.88 Å². The molecule has 7 nitrogen and oxygen atoms in total. The standard InChI is InChI=1S/C22H16F4N4O3S/c23-14-7-5-13(6-8-14)11-17-19(32)29(21(33)34-17)10-9-27-18(31)12-30-16-4-2-1-3-15(16)28-20(30)22(24,25)26/h1-8,11H,9-10,12H2,(H,27,31)/b17-11-. The van der Waals surface area contributed by atoms with Gasteiger partial charge in [-0.15, -0.1) is 0 Å². The van der Waals surface area contributed by atoms with Gasteiger partial charge in [0, 0.05) is 13.1 Å². The Kier molecular flexibility index (Phi) is 6.42. The van der Waals surface area contributed by atoms with Gasteiger partial charge in [-0.3, -0.25) is 19.3 Å². The molecule has 0 saturated carbocycles. The van der Waals surface area contributed by atoms with Crippen molar-refractivity contribution in [3.8, 4) is 0 Å². The molecule has 0 radical (unpaired) electrons. The minimum Gasteiger partial charge on any atom is -0.353 e. The molecule has 4 rings (SSSR count). The number of fused-ring (bicyclic) bond motifs is 1. The number of aromatic nitrogens is 2. The van der Waals surface area contributed by atoms with Crippen molar-refractivity contribution < 1.29 is 31.9 Å². The molecular weight excluding hydrogens is 476 g/mol. The van der Waals surface area contributed by atoms with Crippen molar-refractivity contribution in [1.82, 2.24) is 19.8 Å². The van der Waals surface area contributed by atoms with Crippen LogP contribution in [-0.2, 0) is 22.3 Å². The first-order chi connectivity index (χ1) is 16.1. The van der Waals surface area contributed by atoms with Gasteiger partial charge in [-0.25, -0.2) is 9.37 Å². The van der Waals surface area contributed by atoms with Gasteiger partial charge in [-0.1, -0.05) is 24.3 Å². The van der Waals surface area contributed by atoms with Crippen molar-refractivity contribution in [3.05, 3.63) is 70.6 Å². The first-order valence-corrected chi connectivity index (χ1v) is 10.8. The Morgan fingerprint density at radius 1 is 1.09 bits per heavy atom. The summed E-state index contributed by atoms with van der Waals surface area (Å²) in [6.07, 6.45) is -3.30. The van der Waals surface area contributed by atoms with Gasteiger partial charge in [0.2, 0.25) is 11.7 Å². The molecule has 1 aliphatic rings. The second-order valence-corrected chi connectivity index (χ2v) is 8.24. The van der Waals surface area contributed by atoms with Gasteiger partial charge in [0.25, 0.3) is 11.1 Å². The predicted octanol–water partition coefficient (Wildman–Crippen LogP) is 4.05. The summed E-state index contributed by atoms with van der Waals surface area (Å²) in [5, 5.41) is 1.88. The van der Waals surface area contributed by atoms with Crippen molar-refractivity contribution in [2.75, 3.05) is 13.1 Å². The number of rotatable bonds is 6. The number of amides is 3. The van der Waals surface area contributed by atoms with E-state index in [4.69, 9.17) is 0 Å². The maximum Gasteiger partial charge on any atom is 0.449 e. The number of alkyl halides is 3. The minimum absolute atomic E-state index is 0.105. The van der Waals surface area contributed by atoms with Crippen molar-refractivity contribution in [3.63, 3.8) is 0 Å². The maximum absolute atomic E-state index is 13.4. The number of hydrogen-bond acceptors (Lipinski definition) is 5. The van der Waals surface area contributed by atoms with Crippen LogP contribution in [0.3, 0.4) is 0 Å². The summed E-state index contributed by atoms with van der Waals surface area (Å²) in [6.45, 7) is -0.940. The average Bonchev–Trinajstić information content (AvgIpc) is 3.28. The molecule has 0 bridgehead atoms. The molecule has 0 aliphatic carbocycles. The summed E-state index contributed by atoms with van der Waals surface area (Å²) in [6, 6.07) is 11.3. The third kappa shape index (κ3) is 4.96. The lowest BCUT2D eigenvalue weighted by atomic mass is 10.2. The van der Waals surface area contributed by atoms with Crippen molar-refractivity contribution >= 4 is 45.9 Å². The lowest BCUT2D eigenvalue weighted by molar-refractivity contribution is -0.147. The Hall–Kier alpha value is -3.67. The number of hydrogen-bond donors (Lipinski definition) is 1. The van der Waals surface area contributed by atoms with Gasteiger partial charge in [0.15, 0.2) is 0 Å². The minimum atomic E-state index is -4.75.